The summed E-state index contributed by atoms with van der Waals surface area (Å²) in [5.41, 5.74) is 6.56. The lowest BCUT2D eigenvalue weighted by atomic mass is 10.2. The number of benzene rings is 1. The molecular formula is C15H23N3O2. The van der Waals surface area contributed by atoms with Gasteiger partial charge in [0, 0.05) is 25.7 Å². The van der Waals surface area contributed by atoms with Crippen molar-refractivity contribution in [1.29, 1.82) is 0 Å². The third-order valence-electron chi connectivity index (χ3n) is 3.49. The van der Waals surface area contributed by atoms with Crippen LogP contribution in [0.1, 0.15) is 18.4 Å². The van der Waals surface area contributed by atoms with E-state index in [1.165, 1.54) is 12.8 Å². The van der Waals surface area contributed by atoms with Crippen molar-refractivity contribution in [3.63, 3.8) is 0 Å². The minimum atomic E-state index is -0.0860. The molecule has 1 aromatic carbocycles. The normalized spacial score (nSPS) is 14.3. The molecule has 0 unspecified atom stereocenters. The Morgan fingerprint density at radius 1 is 1.40 bits per heavy atom. The molecule has 0 heterocycles. The Kier molecular flexibility index (Phi) is 5.38. The van der Waals surface area contributed by atoms with Gasteiger partial charge in [0.1, 0.15) is 5.75 Å². The van der Waals surface area contributed by atoms with Crippen LogP contribution in [0.2, 0.25) is 0 Å². The van der Waals surface area contributed by atoms with Gasteiger partial charge in [0.2, 0.25) is 0 Å². The fourth-order valence-electron chi connectivity index (χ4n) is 1.99. The van der Waals surface area contributed by atoms with E-state index in [0.717, 1.165) is 18.2 Å². The predicted octanol–water partition coefficient (Wildman–Crippen LogP) is 0.735. The zero-order valence-electron chi connectivity index (χ0n) is 12.0. The molecule has 1 amide bonds. The van der Waals surface area contributed by atoms with E-state index in [4.69, 9.17) is 10.5 Å². The Hall–Kier alpha value is -1.59. The average molecular weight is 277 g/mol. The Morgan fingerprint density at radius 3 is 2.70 bits per heavy atom. The molecule has 1 fully saturated rings. The summed E-state index contributed by atoms with van der Waals surface area (Å²) in [4.78, 5) is 13.9. The lowest BCUT2D eigenvalue weighted by Gasteiger charge is -2.15. The van der Waals surface area contributed by atoms with Crippen LogP contribution in [0, 0.1) is 0 Å². The van der Waals surface area contributed by atoms with Gasteiger partial charge in [-0.1, -0.05) is 12.1 Å². The molecule has 0 aliphatic heterocycles. The molecule has 0 aromatic heterocycles. The van der Waals surface area contributed by atoms with Crippen LogP contribution in [-0.4, -0.2) is 43.6 Å². The van der Waals surface area contributed by atoms with Gasteiger partial charge in [0.15, 0.2) is 6.61 Å². The third kappa shape index (κ3) is 4.83. The van der Waals surface area contributed by atoms with Crippen molar-refractivity contribution in [3.8, 4) is 5.75 Å². The second kappa shape index (κ2) is 7.26. The van der Waals surface area contributed by atoms with Crippen molar-refractivity contribution in [2.24, 2.45) is 5.73 Å². The van der Waals surface area contributed by atoms with E-state index in [-0.39, 0.29) is 12.5 Å². The van der Waals surface area contributed by atoms with Gasteiger partial charge in [0.05, 0.1) is 0 Å². The summed E-state index contributed by atoms with van der Waals surface area (Å²) in [5.74, 6) is 0.601. The molecule has 1 aliphatic rings. The Labute approximate surface area is 120 Å². The Morgan fingerprint density at radius 2 is 2.10 bits per heavy atom. The van der Waals surface area contributed by atoms with E-state index in [0.29, 0.717) is 18.8 Å². The number of hydrogen-bond acceptors (Lipinski definition) is 4. The standard InChI is InChI=1S/C15H23N3O2/c1-18(13-4-5-13)9-8-17-15(19)11-20-14-6-2-12(10-16)3-7-14/h2-3,6-7,13H,4-5,8-11,16H2,1H3,(H,17,19). The van der Waals surface area contributed by atoms with Gasteiger partial charge < -0.3 is 20.7 Å². The summed E-state index contributed by atoms with van der Waals surface area (Å²) >= 11 is 0. The summed E-state index contributed by atoms with van der Waals surface area (Å²) < 4.78 is 5.42. The summed E-state index contributed by atoms with van der Waals surface area (Å²) in [5, 5.41) is 2.86. The fraction of sp³-hybridized carbons (Fsp3) is 0.533. The second-order valence-electron chi connectivity index (χ2n) is 5.20. The van der Waals surface area contributed by atoms with Crippen molar-refractivity contribution in [1.82, 2.24) is 10.2 Å². The largest absolute Gasteiger partial charge is 0.484 e. The lowest BCUT2D eigenvalue weighted by molar-refractivity contribution is -0.123. The quantitative estimate of drug-likeness (QED) is 0.735. The van der Waals surface area contributed by atoms with Gasteiger partial charge in [-0.3, -0.25) is 4.79 Å². The molecule has 110 valence electrons. The van der Waals surface area contributed by atoms with E-state index >= 15 is 0 Å². The van der Waals surface area contributed by atoms with Crippen molar-refractivity contribution in [2.45, 2.75) is 25.4 Å². The summed E-state index contributed by atoms with van der Waals surface area (Å²) in [6, 6.07) is 8.19. The van der Waals surface area contributed by atoms with Crippen LogP contribution < -0.4 is 15.8 Å². The molecule has 5 nitrogen and oxygen atoms in total. The molecule has 5 heteroatoms. The van der Waals surface area contributed by atoms with Crippen LogP contribution in [0.5, 0.6) is 5.75 Å². The van der Waals surface area contributed by atoms with Crippen LogP contribution in [-0.2, 0) is 11.3 Å². The fourth-order valence-corrected chi connectivity index (χ4v) is 1.99. The van der Waals surface area contributed by atoms with Crippen LogP contribution in [0.15, 0.2) is 24.3 Å². The van der Waals surface area contributed by atoms with Gasteiger partial charge >= 0.3 is 0 Å². The number of carbonyl (C=O) groups is 1. The summed E-state index contributed by atoms with van der Waals surface area (Å²) in [7, 11) is 2.10. The molecule has 1 aliphatic carbocycles. The number of hydrogen-bond donors (Lipinski definition) is 2. The average Bonchev–Trinajstić information content (AvgIpc) is 3.30. The van der Waals surface area contributed by atoms with Crippen LogP contribution >= 0.6 is 0 Å². The molecule has 1 saturated carbocycles. The van der Waals surface area contributed by atoms with Crippen LogP contribution in [0.25, 0.3) is 0 Å². The van der Waals surface area contributed by atoms with Crippen molar-refractivity contribution >= 4 is 5.91 Å². The van der Waals surface area contributed by atoms with Crippen LogP contribution in [0.4, 0.5) is 0 Å². The highest BCUT2D eigenvalue weighted by Crippen LogP contribution is 2.24. The van der Waals surface area contributed by atoms with Gasteiger partial charge in [0.25, 0.3) is 5.91 Å². The van der Waals surface area contributed by atoms with E-state index < -0.39 is 0 Å². The molecule has 20 heavy (non-hydrogen) atoms. The number of ether oxygens (including phenoxy) is 1. The van der Waals surface area contributed by atoms with Gasteiger partial charge in [-0.05, 0) is 37.6 Å². The number of carbonyl (C=O) groups excluding carboxylic acids is 1. The molecular weight excluding hydrogens is 254 g/mol. The number of nitrogens with zero attached hydrogens (tertiary/aromatic N) is 1. The van der Waals surface area contributed by atoms with Crippen molar-refractivity contribution in [3.05, 3.63) is 29.8 Å². The number of nitrogens with two attached hydrogens (primary N) is 1. The zero-order valence-corrected chi connectivity index (χ0v) is 12.0. The molecule has 3 N–H and O–H groups in total. The molecule has 0 spiro atoms. The molecule has 1 aromatic rings. The monoisotopic (exact) mass is 277 g/mol. The number of amides is 1. The van der Waals surface area contributed by atoms with E-state index in [9.17, 15) is 4.79 Å². The second-order valence-corrected chi connectivity index (χ2v) is 5.20. The maximum atomic E-state index is 11.6. The molecule has 0 bridgehead atoms. The summed E-state index contributed by atoms with van der Waals surface area (Å²) in [6.07, 6.45) is 2.57. The molecule has 0 atom stereocenters. The van der Waals surface area contributed by atoms with Crippen LogP contribution in [0.3, 0.4) is 0 Å². The first-order valence-electron chi connectivity index (χ1n) is 7.08. The molecule has 0 radical (unpaired) electrons. The maximum Gasteiger partial charge on any atom is 0.257 e. The lowest BCUT2D eigenvalue weighted by Crippen LogP contribution is -2.36. The minimum absolute atomic E-state index is 0.0507. The topological polar surface area (TPSA) is 67.6 Å². The van der Waals surface area contributed by atoms with E-state index in [1.54, 1.807) is 0 Å². The molecule has 2 rings (SSSR count). The zero-order chi connectivity index (χ0) is 14.4. The predicted molar refractivity (Wildman–Crippen MR) is 78.5 cm³/mol. The Balaban J connectivity index is 1.61. The van der Waals surface area contributed by atoms with Crippen molar-refractivity contribution in [2.75, 3.05) is 26.7 Å². The third-order valence-corrected chi connectivity index (χ3v) is 3.49. The molecule has 0 saturated heterocycles. The highest BCUT2D eigenvalue weighted by atomic mass is 16.5. The van der Waals surface area contributed by atoms with Gasteiger partial charge in [-0.15, -0.1) is 0 Å². The van der Waals surface area contributed by atoms with E-state index in [2.05, 4.69) is 17.3 Å². The Bertz CT molecular complexity index is 429. The van der Waals surface area contributed by atoms with Gasteiger partial charge in [-0.2, -0.15) is 0 Å². The number of rotatable bonds is 8. The SMILES string of the molecule is CN(CCNC(=O)COc1ccc(CN)cc1)C1CC1. The smallest absolute Gasteiger partial charge is 0.257 e. The highest BCUT2D eigenvalue weighted by molar-refractivity contribution is 5.77. The number of likely N-dealkylation sites (N-methyl/N-ethyl adjacent to an activating group) is 1. The maximum absolute atomic E-state index is 11.6. The minimum Gasteiger partial charge on any atom is -0.484 e. The first-order chi connectivity index (χ1) is 9.69. The first-order valence-corrected chi connectivity index (χ1v) is 7.08. The highest BCUT2D eigenvalue weighted by Gasteiger charge is 2.25. The summed E-state index contributed by atoms with van der Waals surface area (Å²) in [6.45, 7) is 2.12. The van der Waals surface area contributed by atoms with Gasteiger partial charge in [-0.25, -0.2) is 0 Å². The van der Waals surface area contributed by atoms with E-state index in [1.807, 2.05) is 24.3 Å². The first kappa shape index (κ1) is 14.8. The number of nitrogens with one attached hydrogen (secondary N) is 1. The van der Waals surface area contributed by atoms with Crippen molar-refractivity contribution < 1.29 is 9.53 Å².